The second-order valence-corrected chi connectivity index (χ2v) is 7.65. The van der Waals surface area contributed by atoms with Gasteiger partial charge in [0.05, 0.1) is 0 Å². The number of carbonyl (C=O) groups excluding carboxylic acids is 3. The molecule has 1 N–H and O–H groups in total. The molecule has 1 saturated carbocycles. The van der Waals surface area contributed by atoms with Gasteiger partial charge >= 0.3 is 12.0 Å². The number of carbonyl (C=O) groups is 3. The van der Waals surface area contributed by atoms with Gasteiger partial charge in [0.1, 0.15) is 18.7 Å². The van der Waals surface area contributed by atoms with Crippen LogP contribution >= 0.6 is 15.9 Å². The molecule has 3 rings (SSSR count). The minimum atomic E-state index is -0.847. The van der Waals surface area contributed by atoms with E-state index >= 15 is 0 Å². The normalized spacial score (nSPS) is 26.0. The summed E-state index contributed by atoms with van der Waals surface area (Å²) in [7, 11) is 0. The number of imide groups is 1. The number of hydrogen-bond acceptors (Lipinski definition) is 4. The van der Waals surface area contributed by atoms with Gasteiger partial charge in [-0.05, 0) is 36.5 Å². The smallest absolute Gasteiger partial charge is 0.326 e. The summed E-state index contributed by atoms with van der Waals surface area (Å²) in [4.78, 5) is 38.1. The molecular formula is C18H21BrN2O4. The molecule has 0 aromatic heterocycles. The number of urea groups is 1. The Morgan fingerprint density at radius 1 is 1.40 bits per heavy atom. The molecule has 1 heterocycles. The first-order valence-corrected chi connectivity index (χ1v) is 9.26. The molecule has 1 aliphatic heterocycles. The van der Waals surface area contributed by atoms with Crippen LogP contribution in [0.2, 0.25) is 0 Å². The van der Waals surface area contributed by atoms with Crippen LogP contribution in [-0.4, -0.2) is 34.9 Å². The summed E-state index contributed by atoms with van der Waals surface area (Å²) < 4.78 is 6.10. The Hall–Kier alpha value is -1.89. The van der Waals surface area contributed by atoms with E-state index in [0.29, 0.717) is 6.42 Å². The maximum atomic E-state index is 12.8. The molecule has 0 radical (unpaired) electrons. The van der Waals surface area contributed by atoms with Crippen molar-refractivity contribution in [3.05, 3.63) is 34.3 Å². The Morgan fingerprint density at radius 3 is 2.92 bits per heavy atom. The highest BCUT2D eigenvalue weighted by atomic mass is 79.9. The largest absolute Gasteiger partial charge is 0.459 e. The van der Waals surface area contributed by atoms with Gasteiger partial charge in [-0.25, -0.2) is 4.79 Å². The quantitative estimate of drug-likeness (QED) is 0.613. The molecule has 1 spiro atoms. The lowest BCUT2D eigenvalue weighted by molar-refractivity contribution is -0.149. The molecule has 1 saturated heterocycles. The fourth-order valence-corrected chi connectivity index (χ4v) is 4.05. The minimum absolute atomic E-state index is 0.0698. The van der Waals surface area contributed by atoms with Gasteiger partial charge in [-0.2, -0.15) is 0 Å². The van der Waals surface area contributed by atoms with Crippen molar-refractivity contribution >= 4 is 33.8 Å². The average molecular weight is 409 g/mol. The fourth-order valence-electron chi connectivity index (χ4n) is 3.60. The van der Waals surface area contributed by atoms with E-state index < -0.39 is 17.5 Å². The lowest BCUT2D eigenvalue weighted by atomic mass is 9.73. The zero-order valence-electron chi connectivity index (χ0n) is 14.1. The minimum Gasteiger partial charge on any atom is -0.459 e. The van der Waals surface area contributed by atoms with Crippen LogP contribution in [0.15, 0.2) is 28.7 Å². The summed E-state index contributed by atoms with van der Waals surface area (Å²) in [6, 6.07) is 6.91. The topological polar surface area (TPSA) is 75.7 Å². The molecule has 2 atom stereocenters. The zero-order chi connectivity index (χ0) is 18.0. The number of halogens is 1. The van der Waals surface area contributed by atoms with Gasteiger partial charge in [0.2, 0.25) is 0 Å². The number of benzene rings is 1. The van der Waals surface area contributed by atoms with E-state index in [9.17, 15) is 14.4 Å². The average Bonchev–Trinajstić information content (AvgIpc) is 2.81. The van der Waals surface area contributed by atoms with Crippen LogP contribution in [0.25, 0.3) is 0 Å². The van der Waals surface area contributed by atoms with Gasteiger partial charge in [0.15, 0.2) is 0 Å². The highest BCUT2D eigenvalue weighted by Crippen LogP contribution is 2.38. The Balaban J connectivity index is 1.61. The first-order valence-electron chi connectivity index (χ1n) is 8.46. The molecule has 1 aliphatic carbocycles. The van der Waals surface area contributed by atoms with Crippen molar-refractivity contribution in [2.24, 2.45) is 5.92 Å². The third-order valence-electron chi connectivity index (χ3n) is 5.08. The van der Waals surface area contributed by atoms with E-state index in [4.69, 9.17) is 4.74 Å². The molecule has 134 valence electrons. The monoisotopic (exact) mass is 408 g/mol. The lowest BCUT2D eigenvalue weighted by Gasteiger charge is -2.36. The predicted molar refractivity (Wildman–Crippen MR) is 94.5 cm³/mol. The summed E-state index contributed by atoms with van der Waals surface area (Å²) in [5, 5.41) is 2.83. The van der Waals surface area contributed by atoms with Gasteiger partial charge in [-0.3, -0.25) is 14.5 Å². The number of amides is 3. The number of nitrogens with one attached hydrogen (secondary N) is 1. The van der Waals surface area contributed by atoms with Crippen LogP contribution in [0, 0.1) is 5.92 Å². The van der Waals surface area contributed by atoms with E-state index in [1.54, 1.807) is 0 Å². The molecule has 1 aromatic carbocycles. The Labute approximate surface area is 155 Å². The standard InChI is InChI=1S/C18H21BrN2O4/c1-12-5-2-3-8-18(12)16(23)21(17(24)20-18)10-15(22)25-11-13-6-4-7-14(19)9-13/h4,6-7,9,12H,2-3,5,8,10-11H2,1H3,(H,20,24). The maximum Gasteiger partial charge on any atom is 0.326 e. The molecule has 25 heavy (non-hydrogen) atoms. The first kappa shape index (κ1) is 17.9. The lowest BCUT2D eigenvalue weighted by Crippen LogP contribution is -2.54. The van der Waals surface area contributed by atoms with Crippen LogP contribution in [0.1, 0.15) is 38.2 Å². The molecule has 2 unspecified atom stereocenters. The van der Waals surface area contributed by atoms with Crippen molar-refractivity contribution in [1.82, 2.24) is 10.2 Å². The summed E-state index contributed by atoms with van der Waals surface area (Å²) in [6.07, 6.45) is 3.48. The SMILES string of the molecule is CC1CCCCC12NC(=O)N(CC(=O)OCc1cccc(Br)c1)C2=O. The Kier molecular flexibility index (Phi) is 5.13. The number of nitrogens with zero attached hydrogens (tertiary/aromatic N) is 1. The van der Waals surface area contributed by atoms with Crippen molar-refractivity contribution in [3.8, 4) is 0 Å². The molecule has 0 bridgehead atoms. The fraction of sp³-hybridized carbons (Fsp3) is 0.500. The first-order chi connectivity index (χ1) is 11.9. The highest BCUT2D eigenvalue weighted by Gasteiger charge is 2.55. The molecule has 3 amide bonds. The van der Waals surface area contributed by atoms with Gasteiger partial charge < -0.3 is 10.1 Å². The van der Waals surface area contributed by atoms with Crippen LogP contribution in [0.4, 0.5) is 4.79 Å². The van der Waals surface area contributed by atoms with Gasteiger partial charge in [0.25, 0.3) is 5.91 Å². The number of hydrogen-bond donors (Lipinski definition) is 1. The van der Waals surface area contributed by atoms with E-state index in [1.165, 1.54) is 0 Å². The zero-order valence-corrected chi connectivity index (χ0v) is 15.7. The van der Waals surface area contributed by atoms with Gasteiger partial charge in [-0.1, -0.05) is 47.8 Å². The van der Waals surface area contributed by atoms with Crippen molar-refractivity contribution < 1.29 is 19.1 Å². The molecule has 6 nitrogen and oxygen atoms in total. The van der Waals surface area contributed by atoms with Crippen LogP contribution in [0.5, 0.6) is 0 Å². The summed E-state index contributed by atoms with van der Waals surface area (Å²) in [6.45, 7) is 1.73. The number of esters is 1. The second-order valence-electron chi connectivity index (χ2n) is 6.73. The molecule has 1 aromatic rings. The van der Waals surface area contributed by atoms with Crippen LogP contribution in [-0.2, 0) is 20.9 Å². The third-order valence-corrected chi connectivity index (χ3v) is 5.57. The Bertz CT molecular complexity index is 708. The van der Waals surface area contributed by atoms with E-state index in [0.717, 1.165) is 34.2 Å². The van der Waals surface area contributed by atoms with E-state index in [-0.39, 0.29) is 25.0 Å². The third kappa shape index (κ3) is 3.56. The van der Waals surface area contributed by atoms with Crippen molar-refractivity contribution in [2.45, 2.75) is 44.8 Å². The van der Waals surface area contributed by atoms with Gasteiger partial charge in [-0.15, -0.1) is 0 Å². The van der Waals surface area contributed by atoms with Gasteiger partial charge in [0, 0.05) is 4.47 Å². The second kappa shape index (κ2) is 7.15. The number of ether oxygens (including phenoxy) is 1. The highest BCUT2D eigenvalue weighted by molar-refractivity contribution is 9.10. The van der Waals surface area contributed by atoms with Crippen molar-refractivity contribution in [3.63, 3.8) is 0 Å². The van der Waals surface area contributed by atoms with E-state index in [1.807, 2.05) is 31.2 Å². The maximum absolute atomic E-state index is 12.8. The van der Waals surface area contributed by atoms with E-state index in [2.05, 4.69) is 21.2 Å². The molecule has 2 fully saturated rings. The molecule has 2 aliphatic rings. The number of rotatable bonds is 4. The van der Waals surface area contributed by atoms with Crippen LogP contribution in [0.3, 0.4) is 0 Å². The molecule has 7 heteroatoms. The van der Waals surface area contributed by atoms with Crippen LogP contribution < -0.4 is 5.32 Å². The molecular weight excluding hydrogens is 388 g/mol. The van der Waals surface area contributed by atoms with Crippen molar-refractivity contribution in [1.29, 1.82) is 0 Å². The predicted octanol–water partition coefficient (Wildman–Crippen LogP) is 2.99. The van der Waals surface area contributed by atoms with Crippen molar-refractivity contribution in [2.75, 3.05) is 6.54 Å². The summed E-state index contributed by atoms with van der Waals surface area (Å²) in [5.74, 6) is -0.825. The summed E-state index contributed by atoms with van der Waals surface area (Å²) in [5.41, 5.74) is -0.0165. The summed E-state index contributed by atoms with van der Waals surface area (Å²) >= 11 is 3.36. The Morgan fingerprint density at radius 2 is 2.20 bits per heavy atom.